The second-order valence-electron chi connectivity index (χ2n) is 7.87. The second kappa shape index (κ2) is 10.5. The van der Waals surface area contributed by atoms with Crippen LogP contribution in [0.25, 0.3) is 10.9 Å². The third-order valence-electron chi connectivity index (χ3n) is 5.65. The van der Waals surface area contributed by atoms with Gasteiger partial charge in [-0.1, -0.05) is 12.1 Å². The number of hydrogen-bond donors (Lipinski definition) is 1. The number of para-hydroxylation sites is 1. The van der Waals surface area contributed by atoms with Crippen LogP contribution in [0.5, 0.6) is 5.75 Å². The molecule has 1 aliphatic heterocycles. The molecule has 0 atom stereocenters. The molecule has 0 aliphatic carbocycles. The lowest BCUT2D eigenvalue weighted by molar-refractivity contribution is 0.0365. The van der Waals surface area contributed by atoms with Crippen LogP contribution in [0, 0.1) is 5.82 Å². The number of rotatable bonds is 8. The monoisotopic (exact) mass is 440 g/mol. The first-order valence-electron chi connectivity index (χ1n) is 10.9. The molecule has 1 aromatic heterocycles. The van der Waals surface area contributed by atoms with Crippen molar-refractivity contribution >= 4 is 22.6 Å². The maximum atomic E-state index is 13.6. The van der Waals surface area contributed by atoms with E-state index in [1.54, 1.807) is 25.2 Å². The van der Waals surface area contributed by atoms with E-state index in [1.165, 1.54) is 11.0 Å². The van der Waals surface area contributed by atoms with E-state index in [-0.39, 0.29) is 18.4 Å². The number of nitrogens with zero attached hydrogens (tertiary/aromatic N) is 3. The third-order valence-corrected chi connectivity index (χ3v) is 5.65. The summed E-state index contributed by atoms with van der Waals surface area (Å²) in [7, 11) is 1.68. The highest BCUT2D eigenvalue weighted by Crippen LogP contribution is 2.21. The summed E-state index contributed by atoms with van der Waals surface area (Å²) < 4.78 is 26.7. The second-order valence-corrected chi connectivity index (χ2v) is 7.87. The quantitative estimate of drug-likeness (QED) is 0.581. The molecule has 0 radical (unpaired) electrons. The first-order chi connectivity index (χ1) is 15.6. The number of likely N-dealkylation sites (N-methyl/N-ethyl adjacent to an activating group) is 1. The molecule has 2 heterocycles. The lowest BCUT2D eigenvalue weighted by Gasteiger charge is -2.26. The Labute approximate surface area is 187 Å². The van der Waals surface area contributed by atoms with Gasteiger partial charge in [0, 0.05) is 56.0 Å². The van der Waals surface area contributed by atoms with E-state index in [2.05, 4.69) is 27.0 Å². The number of halogens is 1. The number of carbonyl (C=O) groups excluding carboxylic acids is 1. The molecule has 1 N–H and O–H groups in total. The smallest absolute Gasteiger partial charge is 0.321 e. The molecule has 1 aliphatic rings. The molecular weight excluding hydrogens is 411 g/mol. The molecule has 8 heteroatoms. The highest BCUT2D eigenvalue weighted by atomic mass is 19.1. The lowest BCUT2D eigenvalue weighted by Crippen LogP contribution is -2.38. The Balaban J connectivity index is 1.28. The van der Waals surface area contributed by atoms with Gasteiger partial charge in [-0.15, -0.1) is 0 Å². The highest BCUT2D eigenvalue weighted by molar-refractivity contribution is 5.92. The largest absolute Gasteiger partial charge is 0.489 e. The van der Waals surface area contributed by atoms with Crippen molar-refractivity contribution in [2.24, 2.45) is 0 Å². The summed E-state index contributed by atoms with van der Waals surface area (Å²) in [5.74, 6) is -0.227. The van der Waals surface area contributed by atoms with Crippen molar-refractivity contribution in [2.45, 2.75) is 6.54 Å². The van der Waals surface area contributed by atoms with Gasteiger partial charge in [0.05, 0.1) is 19.8 Å². The van der Waals surface area contributed by atoms with Crippen LogP contribution in [-0.4, -0.2) is 73.4 Å². The van der Waals surface area contributed by atoms with E-state index in [4.69, 9.17) is 9.47 Å². The van der Waals surface area contributed by atoms with Crippen molar-refractivity contribution in [3.63, 3.8) is 0 Å². The van der Waals surface area contributed by atoms with Crippen LogP contribution in [0.4, 0.5) is 14.9 Å². The first-order valence-corrected chi connectivity index (χ1v) is 10.9. The minimum absolute atomic E-state index is 0.185. The molecule has 0 unspecified atom stereocenters. The number of fused-ring (bicyclic) bond motifs is 1. The summed E-state index contributed by atoms with van der Waals surface area (Å²) >= 11 is 0. The van der Waals surface area contributed by atoms with Gasteiger partial charge in [0.15, 0.2) is 11.6 Å². The maximum Gasteiger partial charge on any atom is 0.321 e. The number of benzene rings is 2. The molecule has 2 aromatic carbocycles. The fourth-order valence-corrected chi connectivity index (χ4v) is 3.72. The van der Waals surface area contributed by atoms with Gasteiger partial charge < -0.3 is 24.3 Å². The van der Waals surface area contributed by atoms with Crippen LogP contribution >= 0.6 is 0 Å². The molecule has 170 valence electrons. The number of amides is 2. The zero-order valence-corrected chi connectivity index (χ0v) is 18.3. The number of ether oxygens (including phenoxy) is 2. The van der Waals surface area contributed by atoms with E-state index in [0.717, 1.165) is 56.0 Å². The van der Waals surface area contributed by atoms with E-state index >= 15 is 0 Å². The molecule has 1 fully saturated rings. The summed E-state index contributed by atoms with van der Waals surface area (Å²) in [6.45, 7) is 6.02. The Hall–Kier alpha value is -3.10. The Kier molecular flexibility index (Phi) is 7.24. The maximum absolute atomic E-state index is 13.6. The summed E-state index contributed by atoms with van der Waals surface area (Å²) in [6.07, 6.45) is 2.09. The van der Waals surface area contributed by atoms with Crippen LogP contribution in [0.15, 0.2) is 54.7 Å². The molecule has 4 rings (SSSR count). The number of nitrogens with one attached hydrogen (secondary N) is 1. The highest BCUT2D eigenvalue weighted by Gasteiger charge is 2.12. The minimum Gasteiger partial charge on any atom is -0.489 e. The average molecular weight is 441 g/mol. The number of morpholine rings is 1. The van der Waals surface area contributed by atoms with Gasteiger partial charge in [-0.2, -0.15) is 0 Å². The van der Waals surface area contributed by atoms with Gasteiger partial charge in [-0.05, 0) is 36.4 Å². The predicted octanol–water partition coefficient (Wildman–Crippen LogP) is 3.66. The topological polar surface area (TPSA) is 59.0 Å². The third kappa shape index (κ3) is 5.57. The van der Waals surface area contributed by atoms with Gasteiger partial charge in [-0.3, -0.25) is 4.90 Å². The molecule has 0 spiro atoms. The van der Waals surface area contributed by atoms with Crippen LogP contribution in [0.1, 0.15) is 0 Å². The number of hydrogen-bond acceptors (Lipinski definition) is 4. The summed E-state index contributed by atoms with van der Waals surface area (Å²) in [4.78, 5) is 16.4. The summed E-state index contributed by atoms with van der Waals surface area (Å²) in [6, 6.07) is 14.0. The molecule has 0 saturated carbocycles. The summed E-state index contributed by atoms with van der Waals surface area (Å²) in [5, 5.41) is 3.99. The standard InChI is InChI=1S/C24H29FN4O3/c1-27(12-17-32-23-5-3-2-4-21(23)25)24(30)26-20-6-7-22-19(18-20)8-9-29(22)11-10-28-13-15-31-16-14-28/h2-9,18H,10-17H2,1H3,(H,26,30). The first kappa shape index (κ1) is 22.1. The molecule has 1 saturated heterocycles. The Bertz CT molecular complexity index is 1050. The molecule has 7 nitrogen and oxygen atoms in total. The number of urea groups is 1. The van der Waals surface area contributed by atoms with Gasteiger partial charge >= 0.3 is 6.03 Å². The van der Waals surface area contributed by atoms with Crippen LogP contribution in [-0.2, 0) is 11.3 Å². The minimum atomic E-state index is -0.412. The van der Waals surface area contributed by atoms with Crippen LogP contribution < -0.4 is 10.1 Å². The zero-order chi connectivity index (χ0) is 22.3. The van der Waals surface area contributed by atoms with Gasteiger partial charge in [0.1, 0.15) is 6.61 Å². The van der Waals surface area contributed by atoms with Gasteiger partial charge in [0.25, 0.3) is 0 Å². The van der Waals surface area contributed by atoms with E-state index in [9.17, 15) is 9.18 Å². The lowest BCUT2D eigenvalue weighted by atomic mass is 10.2. The van der Waals surface area contributed by atoms with Crippen molar-refractivity contribution in [1.29, 1.82) is 0 Å². The SMILES string of the molecule is CN(CCOc1ccccc1F)C(=O)Nc1ccc2c(ccn2CCN2CCOCC2)c1. The molecule has 3 aromatic rings. The van der Waals surface area contributed by atoms with Crippen molar-refractivity contribution in [3.8, 4) is 5.75 Å². The Morgan fingerprint density at radius 1 is 1.16 bits per heavy atom. The van der Waals surface area contributed by atoms with E-state index in [1.807, 2.05) is 18.2 Å². The van der Waals surface area contributed by atoms with Crippen LogP contribution in [0.2, 0.25) is 0 Å². The number of aromatic nitrogens is 1. The molecule has 2 amide bonds. The van der Waals surface area contributed by atoms with Crippen molar-refractivity contribution in [3.05, 3.63) is 60.5 Å². The fraction of sp³-hybridized carbons (Fsp3) is 0.375. The average Bonchev–Trinajstić information content (AvgIpc) is 3.21. The van der Waals surface area contributed by atoms with Crippen LogP contribution in [0.3, 0.4) is 0 Å². The Morgan fingerprint density at radius 3 is 2.78 bits per heavy atom. The molecule has 32 heavy (non-hydrogen) atoms. The normalized spacial score (nSPS) is 14.4. The zero-order valence-electron chi connectivity index (χ0n) is 18.3. The number of carbonyl (C=O) groups is 1. The van der Waals surface area contributed by atoms with Crippen molar-refractivity contribution in [2.75, 3.05) is 58.4 Å². The fourth-order valence-electron chi connectivity index (χ4n) is 3.72. The van der Waals surface area contributed by atoms with Crippen molar-refractivity contribution in [1.82, 2.24) is 14.4 Å². The van der Waals surface area contributed by atoms with E-state index < -0.39 is 5.82 Å². The van der Waals surface area contributed by atoms with E-state index in [0.29, 0.717) is 6.54 Å². The summed E-state index contributed by atoms with van der Waals surface area (Å²) in [5.41, 5.74) is 1.87. The predicted molar refractivity (Wildman–Crippen MR) is 123 cm³/mol. The molecule has 0 bridgehead atoms. The number of anilines is 1. The molecular formula is C24H29FN4O3. The van der Waals surface area contributed by atoms with Gasteiger partial charge in [0.2, 0.25) is 0 Å². The van der Waals surface area contributed by atoms with Crippen molar-refractivity contribution < 1.29 is 18.7 Å². The Morgan fingerprint density at radius 2 is 1.97 bits per heavy atom. The van der Waals surface area contributed by atoms with Gasteiger partial charge in [-0.25, -0.2) is 9.18 Å².